The molecule has 0 aliphatic rings. The van der Waals surface area contributed by atoms with E-state index in [1.54, 1.807) is 0 Å². The van der Waals surface area contributed by atoms with E-state index in [-0.39, 0.29) is 0 Å². The Bertz CT molecular complexity index is 69.3. The lowest BCUT2D eigenvalue weighted by Gasteiger charge is -1.95. The number of hydrogen-bond donors (Lipinski definition) is 2. The van der Waals surface area contributed by atoms with E-state index >= 15 is 0 Å². The Labute approximate surface area is 57.1 Å². The molecule has 0 heterocycles. The van der Waals surface area contributed by atoms with E-state index in [2.05, 4.69) is 18.3 Å². The first kappa shape index (κ1) is 8.50. The molecule has 0 spiro atoms. The van der Waals surface area contributed by atoms with Crippen molar-refractivity contribution in [3.05, 3.63) is 12.3 Å². The van der Waals surface area contributed by atoms with Gasteiger partial charge in [0, 0.05) is 6.54 Å². The minimum Gasteiger partial charge on any atom is -0.391 e. The Morgan fingerprint density at radius 1 is 1.56 bits per heavy atom. The van der Waals surface area contributed by atoms with Crippen LogP contribution in [0.15, 0.2) is 12.3 Å². The zero-order chi connectivity index (χ0) is 6.95. The van der Waals surface area contributed by atoms with E-state index in [0.717, 1.165) is 25.9 Å². The van der Waals surface area contributed by atoms with Crippen molar-refractivity contribution >= 4 is 0 Å². The second-order valence-corrected chi connectivity index (χ2v) is 1.91. The van der Waals surface area contributed by atoms with Gasteiger partial charge in [0.15, 0.2) is 0 Å². The van der Waals surface area contributed by atoms with Crippen molar-refractivity contribution in [3.8, 4) is 0 Å². The first-order valence-electron chi connectivity index (χ1n) is 3.50. The topological polar surface area (TPSA) is 38.0 Å². The van der Waals surface area contributed by atoms with E-state index in [4.69, 9.17) is 5.73 Å². The summed E-state index contributed by atoms with van der Waals surface area (Å²) in [6.07, 6.45) is 6.22. The average molecular weight is 128 g/mol. The summed E-state index contributed by atoms with van der Waals surface area (Å²) in [6, 6.07) is 0. The summed E-state index contributed by atoms with van der Waals surface area (Å²) in [4.78, 5) is 0. The molecule has 2 nitrogen and oxygen atoms in total. The number of allylic oxidation sites excluding steroid dienone is 1. The molecule has 0 saturated heterocycles. The molecular formula is C7H16N2. The van der Waals surface area contributed by atoms with Gasteiger partial charge < -0.3 is 11.1 Å². The van der Waals surface area contributed by atoms with Crippen molar-refractivity contribution in [1.29, 1.82) is 0 Å². The molecule has 54 valence electrons. The van der Waals surface area contributed by atoms with Gasteiger partial charge in [0.2, 0.25) is 0 Å². The molecule has 0 saturated carbocycles. The molecule has 0 aromatic heterocycles. The highest BCUT2D eigenvalue weighted by atomic mass is 14.8. The summed E-state index contributed by atoms with van der Waals surface area (Å²) in [5.41, 5.74) is 5.28. The normalized spacial score (nSPS) is 10.4. The fourth-order valence-corrected chi connectivity index (χ4v) is 0.489. The molecule has 0 aromatic carbocycles. The van der Waals surface area contributed by atoms with Gasteiger partial charge in [-0.15, -0.1) is 0 Å². The number of nitrogens with one attached hydrogen (secondary N) is 1. The van der Waals surface area contributed by atoms with Crippen LogP contribution >= 0.6 is 0 Å². The first-order chi connectivity index (χ1) is 4.41. The summed E-state index contributed by atoms with van der Waals surface area (Å²) in [7, 11) is 0. The molecule has 0 atom stereocenters. The van der Waals surface area contributed by atoms with Crippen LogP contribution in [-0.2, 0) is 0 Å². The lowest BCUT2D eigenvalue weighted by atomic mass is 10.4. The highest BCUT2D eigenvalue weighted by molar-refractivity contribution is 4.77. The van der Waals surface area contributed by atoms with Crippen molar-refractivity contribution in [3.63, 3.8) is 0 Å². The smallest absolute Gasteiger partial charge is 0.0153 e. The van der Waals surface area contributed by atoms with Gasteiger partial charge in [0.25, 0.3) is 0 Å². The van der Waals surface area contributed by atoms with Crippen molar-refractivity contribution in [2.24, 2.45) is 5.73 Å². The molecule has 0 aromatic rings. The number of rotatable bonds is 5. The maximum absolute atomic E-state index is 5.28. The van der Waals surface area contributed by atoms with Crippen LogP contribution in [0.4, 0.5) is 0 Å². The van der Waals surface area contributed by atoms with Crippen molar-refractivity contribution < 1.29 is 0 Å². The maximum Gasteiger partial charge on any atom is 0.0153 e. The fourth-order valence-electron chi connectivity index (χ4n) is 0.489. The zero-order valence-electron chi connectivity index (χ0n) is 6.06. The molecule has 0 amide bonds. The molecule has 0 rings (SSSR count). The molecule has 0 fully saturated rings. The molecule has 0 unspecified atom stereocenters. The lowest BCUT2D eigenvalue weighted by Crippen LogP contribution is -2.11. The molecule has 9 heavy (non-hydrogen) atoms. The van der Waals surface area contributed by atoms with Crippen LogP contribution in [0, 0.1) is 0 Å². The third kappa shape index (κ3) is 7.50. The highest BCUT2D eigenvalue weighted by Crippen LogP contribution is 1.75. The minimum absolute atomic E-state index is 0.771. The van der Waals surface area contributed by atoms with Crippen molar-refractivity contribution in [2.75, 3.05) is 13.1 Å². The fraction of sp³-hybridized carbons (Fsp3) is 0.714. The van der Waals surface area contributed by atoms with E-state index in [9.17, 15) is 0 Å². The van der Waals surface area contributed by atoms with Gasteiger partial charge in [-0.2, -0.15) is 0 Å². The van der Waals surface area contributed by atoms with Gasteiger partial charge in [0.1, 0.15) is 0 Å². The largest absolute Gasteiger partial charge is 0.391 e. The summed E-state index contributed by atoms with van der Waals surface area (Å²) < 4.78 is 0. The number of nitrogens with two attached hydrogens (primary N) is 1. The summed E-state index contributed by atoms with van der Waals surface area (Å²) >= 11 is 0. The van der Waals surface area contributed by atoms with Crippen LogP contribution in [0.3, 0.4) is 0 Å². The molecule has 0 aliphatic heterocycles. The second kappa shape index (κ2) is 7.50. The SMILES string of the molecule is CC/C=C\NCCCN. The Kier molecular flexibility index (Phi) is 7.08. The highest BCUT2D eigenvalue weighted by Gasteiger charge is 1.76. The van der Waals surface area contributed by atoms with Crippen molar-refractivity contribution in [2.45, 2.75) is 19.8 Å². The Balaban J connectivity index is 2.82. The molecular weight excluding hydrogens is 112 g/mol. The first-order valence-corrected chi connectivity index (χ1v) is 3.50. The maximum atomic E-state index is 5.28. The quantitative estimate of drug-likeness (QED) is 0.539. The third-order valence-corrected chi connectivity index (χ3v) is 0.997. The molecule has 3 N–H and O–H groups in total. The zero-order valence-corrected chi connectivity index (χ0v) is 6.06. The summed E-state index contributed by atoms with van der Waals surface area (Å²) in [5, 5.41) is 3.13. The third-order valence-electron chi connectivity index (χ3n) is 0.997. The molecule has 2 heteroatoms. The molecule has 0 aliphatic carbocycles. The van der Waals surface area contributed by atoms with E-state index in [1.807, 2.05) is 6.20 Å². The van der Waals surface area contributed by atoms with Crippen LogP contribution in [0.5, 0.6) is 0 Å². The minimum atomic E-state index is 0.771. The van der Waals surface area contributed by atoms with E-state index in [1.165, 1.54) is 0 Å². The van der Waals surface area contributed by atoms with E-state index in [0.29, 0.717) is 0 Å². The van der Waals surface area contributed by atoms with Crippen molar-refractivity contribution in [1.82, 2.24) is 5.32 Å². The van der Waals surface area contributed by atoms with Gasteiger partial charge in [-0.3, -0.25) is 0 Å². The summed E-state index contributed by atoms with van der Waals surface area (Å²) in [6.45, 7) is 3.88. The van der Waals surface area contributed by atoms with Gasteiger partial charge in [-0.05, 0) is 25.6 Å². The van der Waals surface area contributed by atoms with E-state index < -0.39 is 0 Å². The Morgan fingerprint density at radius 3 is 2.89 bits per heavy atom. The monoisotopic (exact) mass is 128 g/mol. The molecule has 0 radical (unpaired) electrons. The number of hydrogen-bond acceptors (Lipinski definition) is 2. The van der Waals surface area contributed by atoms with Gasteiger partial charge in [-0.25, -0.2) is 0 Å². The Hall–Kier alpha value is -0.500. The standard InChI is InChI=1S/C7H16N2/c1-2-3-6-9-7-4-5-8/h3,6,9H,2,4-5,7-8H2,1H3/b6-3-. The molecule has 0 bridgehead atoms. The van der Waals surface area contributed by atoms with Crippen LogP contribution in [0.25, 0.3) is 0 Å². The Morgan fingerprint density at radius 2 is 2.33 bits per heavy atom. The lowest BCUT2D eigenvalue weighted by molar-refractivity contribution is 0.759. The van der Waals surface area contributed by atoms with Gasteiger partial charge >= 0.3 is 0 Å². The predicted molar refractivity (Wildman–Crippen MR) is 41.1 cm³/mol. The van der Waals surface area contributed by atoms with Crippen LogP contribution < -0.4 is 11.1 Å². The van der Waals surface area contributed by atoms with Gasteiger partial charge in [0.05, 0.1) is 0 Å². The second-order valence-electron chi connectivity index (χ2n) is 1.91. The van der Waals surface area contributed by atoms with Gasteiger partial charge in [-0.1, -0.05) is 13.0 Å². The predicted octanol–water partition coefficient (Wildman–Crippen LogP) is 0.849. The van der Waals surface area contributed by atoms with Crippen LogP contribution in [-0.4, -0.2) is 13.1 Å². The summed E-state index contributed by atoms with van der Waals surface area (Å²) in [5.74, 6) is 0. The average Bonchev–Trinajstić information content (AvgIpc) is 1.89. The van der Waals surface area contributed by atoms with Crippen LogP contribution in [0.1, 0.15) is 19.8 Å². The van der Waals surface area contributed by atoms with Crippen LogP contribution in [0.2, 0.25) is 0 Å².